The molecule has 0 bridgehead atoms. The maximum Gasteiger partial charge on any atom is 0.327 e. The van der Waals surface area contributed by atoms with Gasteiger partial charge in [0.25, 0.3) is 0 Å². The summed E-state index contributed by atoms with van der Waals surface area (Å²) in [5, 5.41) is 13.8. The number of carboxylic acids is 1. The Hall–Kier alpha value is -1.24. The first-order valence-electron chi connectivity index (χ1n) is 6.52. The van der Waals surface area contributed by atoms with Crippen LogP contribution in [-0.4, -0.2) is 45.5 Å². The predicted molar refractivity (Wildman–Crippen MR) is 79.7 cm³/mol. The van der Waals surface area contributed by atoms with E-state index in [1.165, 1.54) is 18.7 Å². The van der Waals surface area contributed by atoms with Crippen LogP contribution < -0.4 is 10.6 Å². The van der Waals surface area contributed by atoms with Gasteiger partial charge in [0.15, 0.2) is 0 Å². The smallest absolute Gasteiger partial charge is 0.327 e. The average Bonchev–Trinajstić information content (AvgIpc) is 2.32. The van der Waals surface area contributed by atoms with E-state index >= 15 is 0 Å². The Morgan fingerprint density at radius 1 is 1.30 bits per heavy atom. The van der Waals surface area contributed by atoms with Crippen molar-refractivity contribution in [2.24, 2.45) is 0 Å². The Morgan fingerprint density at radius 2 is 1.85 bits per heavy atom. The SMILES string of the molecule is CCC(C)(C)NC(=O)C(C)SC[C@H](NC(C)=O)C(=O)O. The first kappa shape index (κ1) is 18.8. The van der Waals surface area contributed by atoms with Crippen molar-refractivity contribution in [2.75, 3.05) is 5.75 Å². The number of carbonyl (C=O) groups excluding carboxylic acids is 2. The van der Waals surface area contributed by atoms with Crippen molar-refractivity contribution < 1.29 is 19.5 Å². The molecule has 0 aliphatic carbocycles. The third kappa shape index (κ3) is 7.37. The van der Waals surface area contributed by atoms with Crippen molar-refractivity contribution in [3.63, 3.8) is 0 Å². The molecular formula is C13H24N2O4S. The van der Waals surface area contributed by atoms with Crippen LogP contribution in [0.1, 0.15) is 41.0 Å². The fraction of sp³-hybridized carbons (Fsp3) is 0.769. The zero-order valence-corrected chi connectivity index (χ0v) is 13.5. The van der Waals surface area contributed by atoms with E-state index in [1.54, 1.807) is 6.92 Å². The van der Waals surface area contributed by atoms with Crippen LogP contribution in [0.3, 0.4) is 0 Å². The number of hydrogen-bond acceptors (Lipinski definition) is 4. The third-order valence-electron chi connectivity index (χ3n) is 2.90. The lowest BCUT2D eigenvalue weighted by atomic mass is 10.0. The Morgan fingerprint density at radius 3 is 2.25 bits per heavy atom. The van der Waals surface area contributed by atoms with Crippen LogP contribution >= 0.6 is 11.8 Å². The standard InChI is InChI=1S/C13H24N2O4S/c1-6-13(4,5)15-11(17)8(2)20-7-10(12(18)19)14-9(3)16/h8,10H,6-7H2,1-5H3,(H,14,16)(H,15,17)(H,18,19)/t8?,10-/m0/s1. The molecular weight excluding hydrogens is 280 g/mol. The van der Waals surface area contributed by atoms with Gasteiger partial charge in [0.1, 0.15) is 6.04 Å². The quantitative estimate of drug-likeness (QED) is 0.622. The summed E-state index contributed by atoms with van der Waals surface area (Å²) in [7, 11) is 0. The van der Waals surface area contributed by atoms with Crippen molar-refractivity contribution in [3.8, 4) is 0 Å². The minimum Gasteiger partial charge on any atom is -0.480 e. The van der Waals surface area contributed by atoms with Crippen molar-refractivity contribution in [3.05, 3.63) is 0 Å². The molecule has 0 aromatic rings. The van der Waals surface area contributed by atoms with Gasteiger partial charge in [-0.3, -0.25) is 9.59 Å². The fourth-order valence-electron chi connectivity index (χ4n) is 1.26. The highest BCUT2D eigenvalue weighted by atomic mass is 32.2. The highest BCUT2D eigenvalue weighted by Gasteiger charge is 2.25. The summed E-state index contributed by atoms with van der Waals surface area (Å²) in [6.45, 7) is 8.83. The third-order valence-corrected chi connectivity index (χ3v) is 4.14. The summed E-state index contributed by atoms with van der Waals surface area (Å²) in [6.07, 6.45) is 0.805. The maximum atomic E-state index is 12.0. The summed E-state index contributed by atoms with van der Waals surface area (Å²) in [4.78, 5) is 33.8. The first-order valence-corrected chi connectivity index (χ1v) is 7.57. The number of aliphatic carboxylic acids is 1. The van der Waals surface area contributed by atoms with Crippen molar-refractivity contribution in [1.82, 2.24) is 10.6 Å². The van der Waals surface area contributed by atoms with Gasteiger partial charge in [0.05, 0.1) is 5.25 Å². The van der Waals surface area contributed by atoms with Crippen LogP contribution in [0.15, 0.2) is 0 Å². The van der Waals surface area contributed by atoms with Crippen LogP contribution in [0.5, 0.6) is 0 Å². The second kappa shape index (κ2) is 8.14. The van der Waals surface area contributed by atoms with E-state index in [4.69, 9.17) is 5.11 Å². The minimum absolute atomic E-state index is 0.131. The average molecular weight is 304 g/mol. The molecule has 2 atom stereocenters. The minimum atomic E-state index is -1.10. The lowest BCUT2D eigenvalue weighted by Crippen LogP contribution is -2.47. The first-order chi connectivity index (χ1) is 9.09. The molecule has 0 aromatic heterocycles. The van der Waals surface area contributed by atoms with Crippen LogP contribution in [-0.2, 0) is 14.4 Å². The van der Waals surface area contributed by atoms with Crippen LogP contribution in [0.25, 0.3) is 0 Å². The lowest BCUT2D eigenvalue weighted by molar-refractivity contribution is -0.140. The zero-order valence-electron chi connectivity index (χ0n) is 12.6. The summed E-state index contributed by atoms with van der Waals surface area (Å²) in [5.74, 6) is -1.49. The molecule has 0 rings (SSSR count). The number of amides is 2. The lowest BCUT2D eigenvalue weighted by Gasteiger charge is -2.26. The van der Waals surface area contributed by atoms with Crippen molar-refractivity contribution >= 4 is 29.5 Å². The van der Waals surface area contributed by atoms with Crippen LogP contribution in [0.4, 0.5) is 0 Å². The van der Waals surface area contributed by atoms with Gasteiger partial charge >= 0.3 is 5.97 Å². The highest BCUT2D eigenvalue weighted by molar-refractivity contribution is 8.00. The van der Waals surface area contributed by atoms with E-state index in [2.05, 4.69) is 10.6 Å². The molecule has 0 spiro atoms. The van der Waals surface area contributed by atoms with Gasteiger partial charge in [-0.15, -0.1) is 11.8 Å². The summed E-state index contributed by atoms with van der Waals surface area (Å²) in [6, 6.07) is -0.980. The number of carbonyl (C=O) groups is 3. The molecule has 0 aliphatic heterocycles. The van der Waals surface area contributed by atoms with E-state index in [-0.39, 0.29) is 22.4 Å². The van der Waals surface area contributed by atoms with Crippen molar-refractivity contribution in [2.45, 2.75) is 57.9 Å². The summed E-state index contributed by atoms with van der Waals surface area (Å²) in [5.41, 5.74) is -0.282. The second-order valence-electron chi connectivity index (χ2n) is 5.29. The van der Waals surface area contributed by atoms with E-state index in [1.807, 2.05) is 20.8 Å². The summed E-state index contributed by atoms with van der Waals surface area (Å²) >= 11 is 1.21. The number of hydrogen-bond donors (Lipinski definition) is 3. The van der Waals surface area contributed by atoms with Gasteiger partial charge < -0.3 is 15.7 Å². The van der Waals surface area contributed by atoms with Gasteiger partial charge in [-0.2, -0.15) is 0 Å². The molecule has 0 aliphatic rings. The number of rotatable bonds is 8. The van der Waals surface area contributed by atoms with Gasteiger partial charge in [0, 0.05) is 18.2 Å². The zero-order chi connectivity index (χ0) is 15.9. The second-order valence-corrected chi connectivity index (χ2v) is 6.67. The molecule has 6 nitrogen and oxygen atoms in total. The van der Waals surface area contributed by atoms with E-state index in [0.717, 1.165) is 6.42 Å². The molecule has 0 aromatic carbocycles. The Bertz CT molecular complexity index is 371. The molecule has 20 heavy (non-hydrogen) atoms. The largest absolute Gasteiger partial charge is 0.480 e. The summed E-state index contributed by atoms with van der Waals surface area (Å²) < 4.78 is 0. The van der Waals surface area contributed by atoms with E-state index in [0.29, 0.717) is 0 Å². The molecule has 0 fully saturated rings. The molecule has 0 saturated carbocycles. The Balaban J connectivity index is 4.38. The number of carboxylic acid groups (broad SMARTS) is 1. The topological polar surface area (TPSA) is 95.5 Å². The van der Waals surface area contributed by atoms with Gasteiger partial charge in [-0.05, 0) is 27.2 Å². The molecule has 2 amide bonds. The number of nitrogens with one attached hydrogen (secondary N) is 2. The predicted octanol–water partition coefficient (Wildman–Crippen LogP) is 1.00. The molecule has 7 heteroatoms. The highest BCUT2D eigenvalue weighted by Crippen LogP contribution is 2.15. The monoisotopic (exact) mass is 304 g/mol. The van der Waals surface area contributed by atoms with E-state index in [9.17, 15) is 14.4 Å². The molecule has 0 saturated heterocycles. The van der Waals surface area contributed by atoms with Crippen molar-refractivity contribution in [1.29, 1.82) is 0 Å². The normalized spacial score (nSPS) is 14.2. The van der Waals surface area contributed by atoms with Crippen LogP contribution in [0.2, 0.25) is 0 Å². The van der Waals surface area contributed by atoms with Crippen LogP contribution in [0, 0.1) is 0 Å². The number of thioether (sulfide) groups is 1. The molecule has 3 N–H and O–H groups in total. The Labute approximate surface area is 124 Å². The fourth-order valence-corrected chi connectivity index (χ4v) is 2.18. The molecule has 0 heterocycles. The van der Waals surface area contributed by atoms with Gasteiger partial charge in [0.2, 0.25) is 11.8 Å². The van der Waals surface area contributed by atoms with Gasteiger partial charge in [-0.1, -0.05) is 6.92 Å². The molecule has 1 unspecified atom stereocenters. The molecule has 0 radical (unpaired) electrons. The Kier molecular flexibility index (Phi) is 7.63. The van der Waals surface area contributed by atoms with Gasteiger partial charge in [-0.25, -0.2) is 4.79 Å². The molecule has 116 valence electrons. The maximum absolute atomic E-state index is 12.0. The van der Waals surface area contributed by atoms with E-state index < -0.39 is 17.9 Å².